The molecule has 8 heteroatoms. The second-order valence-electron chi connectivity index (χ2n) is 15.3. The number of carbonyl (C=O) groups excluding carboxylic acids is 2. The maximum Gasteiger partial charge on any atom is 0.306 e. The summed E-state index contributed by atoms with van der Waals surface area (Å²) in [5, 5.41) is 3.42. The molecule has 50 heavy (non-hydrogen) atoms. The van der Waals surface area contributed by atoms with Gasteiger partial charge in [0.1, 0.15) is 0 Å². The van der Waals surface area contributed by atoms with Crippen molar-refractivity contribution in [2.24, 2.45) is 11.3 Å². The Morgan fingerprint density at radius 2 is 1.46 bits per heavy atom. The predicted octanol–water partition coefficient (Wildman–Crippen LogP) is 8.98. The fraction of sp³-hybridized carbons (Fsp3) is 0.381. The zero-order valence-electron chi connectivity index (χ0n) is 29.6. The van der Waals surface area contributed by atoms with Crippen LogP contribution in [0.1, 0.15) is 76.5 Å². The van der Waals surface area contributed by atoms with E-state index in [1.165, 1.54) is 17.5 Å². The molecule has 0 aromatic heterocycles. The van der Waals surface area contributed by atoms with Crippen molar-refractivity contribution in [2.45, 2.75) is 76.4 Å². The highest BCUT2D eigenvalue weighted by molar-refractivity contribution is 6.99. The van der Waals surface area contributed by atoms with E-state index in [2.05, 4.69) is 80.3 Å². The summed E-state index contributed by atoms with van der Waals surface area (Å²) in [7, 11) is -1.55. The van der Waals surface area contributed by atoms with Gasteiger partial charge in [0.2, 0.25) is 5.91 Å². The van der Waals surface area contributed by atoms with Crippen LogP contribution in [0.5, 0.6) is 0 Å². The molecule has 0 radical (unpaired) electrons. The number of rotatable bonds is 11. The first-order chi connectivity index (χ1) is 23.9. The number of esters is 1. The Morgan fingerprint density at radius 1 is 0.860 bits per heavy atom. The molecular formula is C42H47Cl2NO4Si. The summed E-state index contributed by atoms with van der Waals surface area (Å²) in [4.78, 5) is 30.3. The van der Waals surface area contributed by atoms with E-state index in [-0.39, 0.29) is 41.3 Å². The van der Waals surface area contributed by atoms with E-state index in [0.29, 0.717) is 23.1 Å². The molecule has 4 atom stereocenters. The molecule has 1 heterocycles. The number of nitrogens with zero attached hydrogens (tertiary/aromatic N) is 1. The van der Waals surface area contributed by atoms with Crippen LogP contribution in [-0.2, 0) is 18.8 Å². The van der Waals surface area contributed by atoms with Gasteiger partial charge >= 0.3 is 5.97 Å². The quantitative estimate of drug-likeness (QED) is 0.114. The van der Waals surface area contributed by atoms with Crippen LogP contribution < -0.4 is 10.4 Å². The number of ether oxygens (including phenoxy) is 1. The number of benzene rings is 4. The average Bonchev–Trinajstić information content (AvgIpc) is 3.94. The standard InChI is InChI=1S/C42H47Cl2NO4Si/c1-41(2,3)50(34-15-8-6-9-16-34,35-17-10-7-11-18-35)49-28-37(29-19-20-29)45-39(30-21-23-32(43)24-22-30)36(31-13-12-14-33(44)25-31)26-42(4,40(45)47)27-38(46)48-5/h6-18,21-25,29,36-37,39H,19-20,26-28H2,1-5H3/t36?,37-,39-,42-/m1/s1. The van der Waals surface area contributed by atoms with Crippen LogP contribution in [0.3, 0.4) is 0 Å². The highest BCUT2D eigenvalue weighted by Crippen LogP contribution is 2.54. The number of amides is 1. The van der Waals surface area contributed by atoms with Gasteiger partial charge in [0.05, 0.1) is 37.6 Å². The lowest BCUT2D eigenvalue weighted by molar-refractivity contribution is -0.163. The van der Waals surface area contributed by atoms with E-state index in [0.717, 1.165) is 24.0 Å². The van der Waals surface area contributed by atoms with Crippen LogP contribution in [0.2, 0.25) is 15.1 Å². The smallest absolute Gasteiger partial charge is 0.306 e. The fourth-order valence-electron chi connectivity index (χ4n) is 8.20. The van der Waals surface area contributed by atoms with Crippen molar-refractivity contribution in [3.63, 3.8) is 0 Å². The summed E-state index contributed by atoms with van der Waals surface area (Å²) in [6.45, 7) is 9.11. The highest BCUT2D eigenvalue weighted by atomic mass is 35.5. The second kappa shape index (κ2) is 14.7. The first-order valence-electron chi connectivity index (χ1n) is 17.5. The van der Waals surface area contributed by atoms with Gasteiger partial charge in [-0.3, -0.25) is 9.59 Å². The van der Waals surface area contributed by atoms with Gasteiger partial charge in [-0.05, 0) is 76.0 Å². The highest BCUT2D eigenvalue weighted by Gasteiger charge is 2.56. The Bertz CT molecular complexity index is 1750. The van der Waals surface area contributed by atoms with Crippen molar-refractivity contribution in [1.82, 2.24) is 4.90 Å². The number of halogens is 2. The van der Waals surface area contributed by atoms with Crippen molar-refractivity contribution in [2.75, 3.05) is 13.7 Å². The van der Waals surface area contributed by atoms with E-state index >= 15 is 4.79 Å². The van der Waals surface area contributed by atoms with Crippen LogP contribution in [0.15, 0.2) is 109 Å². The van der Waals surface area contributed by atoms with E-state index in [4.69, 9.17) is 32.4 Å². The zero-order valence-corrected chi connectivity index (χ0v) is 32.1. The van der Waals surface area contributed by atoms with Crippen molar-refractivity contribution in [3.05, 3.63) is 130 Å². The monoisotopic (exact) mass is 727 g/mol. The fourth-order valence-corrected chi connectivity index (χ4v) is 13.1. The van der Waals surface area contributed by atoms with E-state index in [1.807, 2.05) is 61.5 Å². The topological polar surface area (TPSA) is 55.8 Å². The molecule has 1 aliphatic carbocycles. The molecule has 1 amide bonds. The van der Waals surface area contributed by atoms with E-state index in [1.54, 1.807) is 0 Å². The number of likely N-dealkylation sites (tertiary alicyclic amines) is 1. The minimum Gasteiger partial charge on any atom is -0.469 e. The van der Waals surface area contributed by atoms with Crippen LogP contribution in [0.25, 0.3) is 0 Å². The molecule has 4 aromatic carbocycles. The molecule has 262 valence electrons. The molecule has 5 nitrogen and oxygen atoms in total. The molecule has 2 aliphatic rings. The minimum absolute atomic E-state index is 0.0177. The van der Waals surface area contributed by atoms with Crippen molar-refractivity contribution >= 4 is 53.8 Å². The summed E-state index contributed by atoms with van der Waals surface area (Å²) in [5.41, 5.74) is 1.01. The van der Waals surface area contributed by atoms with Crippen molar-refractivity contribution < 1.29 is 18.8 Å². The third kappa shape index (κ3) is 7.18. The Labute approximate surface area is 308 Å². The third-order valence-corrected chi connectivity index (χ3v) is 16.3. The number of piperidine rings is 1. The summed E-state index contributed by atoms with van der Waals surface area (Å²) < 4.78 is 12.7. The molecule has 1 aliphatic heterocycles. The van der Waals surface area contributed by atoms with Gasteiger partial charge in [0.15, 0.2) is 0 Å². The van der Waals surface area contributed by atoms with Crippen LogP contribution in [-0.4, -0.2) is 44.9 Å². The summed E-state index contributed by atoms with van der Waals surface area (Å²) >= 11 is 13.0. The Morgan fingerprint density at radius 3 is 1.98 bits per heavy atom. The maximum absolute atomic E-state index is 15.3. The summed E-state index contributed by atoms with van der Waals surface area (Å²) in [6, 6.07) is 36.4. The van der Waals surface area contributed by atoms with Gasteiger partial charge in [-0.2, -0.15) is 0 Å². The lowest BCUT2D eigenvalue weighted by atomic mass is 9.67. The van der Waals surface area contributed by atoms with Crippen LogP contribution in [0, 0.1) is 11.3 Å². The number of hydrogen-bond acceptors (Lipinski definition) is 4. The van der Waals surface area contributed by atoms with Gasteiger partial charge in [0, 0.05) is 16.0 Å². The van der Waals surface area contributed by atoms with Gasteiger partial charge in [0.25, 0.3) is 8.32 Å². The SMILES string of the molecule is COC(=O)C[C@@]1(C)CC(c2cccc(Cl)c2)[C@@H](c2ccc(Cl)cc2)N([C@H](CO[Si](c2ccccc2)(c2ccccc2)C(C)(C)C)C2CC2)C1=O. The van der Waals surface area contributed by atoms with E-state index < -0.39 is 19.7 Å². The van der Waals surface area contributed by atoms with E-state index in [9.17, 15) is 4.79 Å². The molecule has 1 saturated heterocycles. The molecular weight excluding hydrogens is 681 g/mol. The van der Waals surface area contributed by atoms with Gasteiger partial charge < -0.3 is 14.1 Å². The molecule has 2 fully saturated rings. The largest absolute Gasteiger partial charge is 0.469 e. The lowest BCUT2D eigenvalue weighted by Crippen LogP contribution is -2.68. The molecule has 6 rings (SSSR count). The van der Waals surface area contributed by atoms with Crippen molar-refractivity contribution in [1.29, 1.82) is 0 Å². The first kappa shape index (κ1) is 36.4. The number of hydrogen-bond donors (Lipinski definition) is 0. The number of carbonyl (C=O) groups is 2. The van der Waals surface area contributed by atoms with Gasteiger partial charge in [-0.15, -0.1) is 0 Å². The number of methoxy groups -OCH3 is 1. The first-order valence-corrected chi connectivity index (χ1v) is 20.2. The Kier molecular flexibility index (Phi) is 10.7. The maximum atomic E-state index is 15.3. The van der Waals surface area contributed by atoms with Gasteiger partial charge in [-0.25, -0.2) is 0 Å². The summed E-state index contributed by atoms with van der Waals surface area (Å²) in [5.74, 6) is -0.352. The molecule has 1 saturated carbocycles. The Hall–Kier alpha value is -3.42. The third-order valence-electron chi connectivity index (χ3n) is 10.8. The normalized spacial score (nSPS) is 21.9. The molecule has 4 aromatic rings. The van der Waals surface area contributed by atoms with Crippen LogP contribution >= 0.6 is 23.2 Å². The van der Waals surface area contributed by atoms with Gasteiger partial charge in [-0.1, -0.05) is 136 Å². The summed E-state index contributed by atoms with van der Waals surface area (Å²) in [6.07, 6.45) is 2.44. The molecule has 0 N–H and O–H groups in total. The molecule has 1 unspecified atom stereocenters. The predicted molar refractivity (Wildman–Crippen MR) is 205 cm³/mol. The van der Waals surface area contributed by atoms with Crippen molar-refractivity contribution in [3.8, 4) is 0 Å². The molecule has 0 spiro atoms. The van der Waals surface area contributed by atoms with Crippen LogP contribution in [0.4, 0.5) is 0 Å². The minimum atomic E-state index is -2.93. The Balaban J connectivity index is 1.52. The lowest BCUT2D eigenvalue weighted by Gasteiger charge is -2.53. The zero-order chi connectivity index (χ0) is 35.7. The average molecular weight is 729 g/mol. The second-order valence-corrected chi connectivity index (χ2v) is 20.4. The molecule has 0 bridgehead atoms.